The molecule has 0 aliphatic rings. The predicted octanol–water partition coefficient (Wildman–Crippen LogP) is 2.45. The summed E-state index contributed by atoms with van der Waals surface area (Å²) in [6.07, 6.45) is 0.596. The molecule has 1 aromatic heterocycles. The lowest BCUT2D eigenvalue weighted by atomic mass is 10.2. The number of H-pyrrole nitrogens is 1. The molecule has 0 aliphatic heterocycles. The molecular formula is C10H8F3N3. The quantitative estimate of drug-likeness (QED) is 0.800. The lowest BCUT2D eigenvalue weighted by Gasteiger charge is -1.99. The zero-order valence-corrected chi connectivity index (χ0v) is 8.39. The van der Waals surface area contributed by atoms with Crippen LogP contribution in [0.3, 0.4) is 0 Å². The highest BCUT2D eigenvalue weighted by molar-refractivity contribution is 5.55. The molecule has 1 N–H and O–H groups in total. The van der Waals surface area contributed by atoms with Crippen LogP contribution in [-0.2, 0) is 6.42 Å². The van der Waals surface area contributed by atoms with Crippen molar-refractivity contribution in [3.8, 4) is 11.4 Å². The van der Waals surface area contributed by atoms with E-state index in [2.05, 4.69) is 15.2 Å². The van der Waals surface area contributed by atoms with Crippen LogP contribution in [0.2, 0.25) is 0 Å². The molecule has 3 nitrogen and oxygen atoms in total. The van der Waals surface area contributed by atoms with Crippen LogP contribution in [-0.4, -0.2) is 15.2 Å². The maximum atomic E-state index is 13.4. The van der Waals surface area contributed by atoms with Crippen molar-refractivity contribution >= 4 is 0 Å². The van der Waals surface area contributed by atoms with Gasteiger partial charge in [0.25, 0.3) is 0 Å². The Morgan fingerprint density at radius 1 is 1.19 bits per heavy atom. The summed E-state index contributed by atoms with van der Waals surface area (Å²) in [7, 11) is 0. The minimum Gasteiger partial charge on any atom is -0.263 e. The summed E-state index contributed by atoms with van der Waals surface area (Å²) in [6, 6.07) is 1.95. The fourth-order valence-electron chi connectivity index (χ4n) is 1.27. The number of hydrogen-bond donors (Lipinski definition) is 1. The van der Waals surface area contributed by atoms with Crippen molar-refractivity contribution in [1.29, 1.82) is 0 Å². The third-order valence-corrected chi connectivity index (χ3v) is 2.14. The minimum atomic E-state index is -1.51. The Kier molecular flexibility index (Phi) is 2.64. The lowest BCUT2D eigenvalue weighted by molar-refractivity contribution is 0.448. The average Bonchev–Trinajstić information content (AvgIpc) is 2.74. The van der Waals surface area contributed by atoms with Crippen LogP contribution in [0.4, 0.5) is 13.2 Å². The van der Waals surface area contributed by atoms with Crippen molar-refractivity contribution in [2.75, 3.05) is 0 Å². The molecule has 0 saturated carbocycles. The summed E-state index contributed by atoms with van der Waals surface area (Å²) < 4.78 is 39.0. The van der Waals surface area contributed by atoms with Gasteiger partial charge in [-0.1, -0.05) is 6.92 Å². The van der Waals surface area contributed by atoms with Crippen molar-refractivity contribution in [2.24, 2.45) is 0 Å². The molecule has 1 heterocycles. The molecule has 2 rings (SSSR count). The molecule has 6 heteroatoms. The first kappa shape index (κ1) is 10.7. The fraction of sp³-hybridized carbons (Fsp3) is 0.200. The summed E-state index contributed by atoms with van der Waals surface area (Å²) in [5.74, 6) is -3.44. The average molecular weight is 227 g/mol. The Balaban J connectivity index is 2.52. The molecule has 1 aromatic carbocycles. The molecule has 0 amide bonds. The fourth-order valence-corrected chi connectivity index (χ4v) is 1.27. The standard InChI is InChI=1S/C10H8F3N3/c1-2-7-14-10(16-15-7)5-3-4-6(11)9(13)8(5)12/h3-4H,2H2,1H3,(H,14,15,16). The largest absolute Gasteiger partial charge is 0.263 e. The molecule has 0 aliphatic carbocycles. The number of rotatable bonds is 2. The first-order valence-electron chi connectivity index (χ1n) is 4.68. The van der Waals surface area contributed by atoms with Crippen LogP contribution in [0, 0.1) is 17.5 Å². The van der Waals surface area contributed by atoms with E-state index in [9.17, 15) is 13.2 Å². The van der Waals surface area contributed by atoms with Gasteiger partial charge in [-0.2, -0.15) is 5.10 Å². The Morgan fingerprint density at radius 2 is 1.94 bits per heavy atom. The van der Waals surface area contributed by atoms with Gasteiger partial charge in [0.1, 0.15) is 5.82 Å². The summed E-state index contributed by atoms with van der Waals surface area (Å²) in [4.78, 5) is 3.93. The second kappa shape index (κ2) is 3.96. The molecule has 84 valence electrons. The van der Waals surface area contributed by atoms with Gasteiger partial charge in [0.2, 0.25) is 0 Å². The monoisotopic (exact) mass is 227 g/mol. The van der Waals surface area contributed by atoms with E-state index in [1.807, 2.05) is 6.92 Å². The van der Waals surface area contributed by atoms with E-state index in [-0.39, 0.29) is 11.4 Å². The van der Waals surface area contributed by atoms with Gasteiger partial charge in [-0.05, 0) is 12.1 Å². The van der Waals surface area contributed by atoms with Crippen molar-refractivity contribution in [3.05, 3.63) is 35.4 Å². The van der Waals surface area contributed by atoms with Gasteiger partial charge in [-0.15, -0.1) is 0 Å². The number of aromatic amines is 1. The minimum absolute atomic E-state index is 0.0215. The summed E-state index contributed by atoms with van der Waals surface area (Å²) in [5.41, 5.74) is -0.158. The molecule has 0 unspecified atom stereocenters. The van der Waals surface area contributed by atoms with E-state index in [4.69, 9.17) is 0 Å². The Morgan fingerprint density at radius 3 is 2.56 bits per heavy atom. The van der Waals surface area contributed by atoms with E-state index in [0.717, 1.165) is 12.1 Å². The van der Waals surface area contributed by atoms with Crippen molar-refractivity contribution in [3.63, 3.8) is 0 Å². The smallest absolute Gasteiger partial charge is 0.195 e. The molecule has 0 atom stereocenters. The maximum Gasteiger partial charge on any atom is 0.195 e. The topological polar surface area (TPSA) is 41.6 Å². The molecule has 0 radical (unpaired) electrons. The zero-order chi connectivity index (χ0) is 11.7. The van der Waals surface area contributed by atoms with Gasteiger partial charge >= 0.3 is 0 Å². The summed E-state index contributed by atoms with van der Waals surface area (Å²) in [6.45, 7) is 1.84. The van der Waals surface area contributed by atoms with Gasteiger partial charge in [0, 0.05) is 6.42 Å². The summed E-state index contributed by atoms with van der Waals surface area (Å²) >= 11 is 0. The maximum absolute atomic E-state index is 13.4. The van der Waals surface area contributed by atoms with Crippen LogP contribution < -0.4 is 0 Å². The van der Waals surface area contributed by atoms with Crippen molar-refractivity contribution < 1.29 is 13.2 Å². The van der Waals surface area contributed by atoms with Crippen molar-refractivity contribution in [1.82, 2.24) is 15.2 Å². The molecule has 0 saturated heterocycles. The molecule has 0 fully saturated rings. The Bertz CT molecular complexity index is 522. The highest BCUT2D eigenvalue weighted by Gasteiger charge is 2.17. The Hall–Kier alpha value is -1.85. The van der Waals surface area contributed by atoms with Crippen molar-refractivity contribution in [2.45, 2.75) is 13.3 Å². The number of nitrogens with zero attached hydrogens (tertiary/aromatic N) is 2. The number of nitrogens with one attached hydrogen (secondary N) is 1. The van der Waals surface area contributed by atoms with E-state index in [1.165, 1.54) is 0 Å². The molecular weight excluding hydrogens is 219 g/mol. The van der Waals surface area contributed by atoms with Crippen LogP contribution in [0.1, 0.15) is 12.7 Å². The highest BCUT2D eigenvalue weighted by Crippen LogP contribution is 2.22. The van der Waals surface area contributed by atoms with E-state index in [1.54, 1.807) is 0 Å². The van der Waals surface area contributed by atoms with Gasteiger partial charge in [-0.3, -0.25) is 5.10 Å². The van der Waals surface area contributed by atoms with Gasteiger partial charge < -0.3 is 0 Å². The van der Waals surface area contributed by atoms with E-state index < -0.39 is 17.5 Å². The highest BCUT2D eigenvalue weighted by atomic mass is 19.2. The molecule has 2 aromatic rings. The molecule has 0 spiro atoms. The summed E-state index contributed by atoms with van der Waals surface area (Å²) in [5, 5.41) is 6.29. The third-order valence-electron chi connectivity index (χ3n) is 2.14. The number of hydrogen-bond acceptors (Lipinski definition) is 2. The SMILES string of the molecule is CCc1nc(-c2ccc(F)c(F)c2F)n[nH]1. The normalized spacial score (nSPS) is 10.8. The van der Waals surface area contributed by atoms with Gasteiger partial charge in [0.15, 0.2) is 23.3 Å². The van der Waals surface area contributed by atoms with Crippen LogP contribution >= 0.6 is 0 Å². The second-order valence-electron chi connectivity index (χ2n) is 3.18. The predicted molar refractivity (Wildman–Crippen MR) is 51.1 cm³/mol. The number of benzene rings is 1. The first-order chi connectivity index (χ1) is 7.63. The van der Waals surface area contributed by atoms with Crippen LogP contribution in [0.15, 0.2) is 12.1 Å². The number of halogens is 3. The first-order valence-corrected chi connectivity index (χ1v) is 4.68. The molecule has 0 bridgehead atoms. The van der Waals surface area contributed by atoms with Crippen LogP contribution in [0.5, 0.6) is 0 Å². The van der Waals surface area contributed by atoms with E-state index >= 15 is 0 Å². The lowest BCUT2D eigenvalue weighted by Crippen LogP contribution is -1.95. The molecule has 16 heavy (non-hydrogen) atoms. The zero-order valence-electron chi connectivity index (χ0n) is 8.39. The second-order valence-corrected chi connectivity index (χ2v) is 3.18. The van der Waals surface area contributed by atoms with Gasteiger partial charge in [-0.25, -0.2) is 18.2 Å². The third kappa shape index (κ3) is 1.66. The van der Waals surface area contributed by atoms with Gasteiger partial charge in [0.05, 0.1) is 5.56 Å². The number of aromatic nitrogens is 3. The Labute approximate surface area is 89.3 Å². The van der Waals surface area contributed by atoms with Crippen LogP contribution in [0.25, 0.3) is 11.4 Å². The number of aryl methyl sites for hydroxylation is 1. The van der Waals surface area contributed by atoms with E-state index in [0.29, 0.717) is 12.2 Å².